The summed E-state index contributed by atoms with van der Waals surface area (Å²) in [5.74, 6) is -2.07. The van der Waals surface area contributed by atoms with Crippen molar-refractivity contribution in [1.29, 1.82) is 0 Å². The summed E-state index contributed by atoms with van der Waals surface area (Å²) in [6.07, 6.45) is -2.49. The first-order chi connectivity index (χ1) is 18.5. The highest BCUT2D eigenvalue weighted by Gasteiger charge is 2.32. The zero-order valence-electron chi connectivity index (χ0n) is 21.4. The number of carbonyl (C=O) groups excluding carboxylic acids is 2. The van der Waals surface area contributed by atoms with Crippen LogP contribution in [-0.2, 0) is 11.2 Å². The van der Waals surface area contributed by atoms with Gasteiger partial charge in [0.25, 0.3) is 0 Å². The summed E-state index contributed by atoms with van der Waals surface area (Å²) < 4.78 is 57.2. The number of carbonyl (C=O) groups is 2. The summed E-state index contributed by atoms with van der Waals surface area (Å²) in [5.41, 5.74) is 1.36. The van der Waals surface area contributed by atoms with Crippen LogP contribution in [0.5, 0.6) is 5.75 Å². The number of anilines is 1. The molecule has 1 N–H and O–H groups in total. The van der Waals surface area contributed by atoms with Crippen LogP contribution in [0, 0.1) is 12.7 Å². The summed E-state index contributed by atoms with van der Waals surface area (Å²) in [4.78, 5) is 38.0. The number of nitrogens with one attached hydrogen (secondary N) is 1. The van der Waals surface area contributed by atoms with Crippen LogP contribution in [0.3, 0.4) is 0 Å². The van der Waals surface area contributed by atoms with Gasteiger partial charge < -0.3 is 15.0 Å². The van der Waals surface area contributed by atoms with Gasteiger partial charge in [0, 0.05) is 43.5 Å². The van der Waals surface area contributed by atoms with Crippen molar-refractivity contribution in [2.75, 3.05) is 45.1 Å². The van der Waals surface area contributed by atoms with Crippen molar-refractivity contribution >= 4 is 17.4 Å². The molecule has 0 bridgehead atoms. The van der Waals surface area contributed by atoms with E-state index in [1.807, 2.05) is 11.9 Å². The predicted molar refractivity (Wildman–Crippen MR) is 136 cm³/mol. The number of nitrogens with zero attached hydrogens (tertiary/aromatic N) is 4. The maximum atomic E-state index is 14.2. The van der Waals surface area contributed by atoms with Crippen LogP contribution < -0.4 is 10.1 Å². The first-order valence-electron chi connectivity index (χ1n) is 12.2. The third-order valence-electron chi connectivity index (χ3n) is 6.29. The Hall–Kier alpha value is -3.90. The number of likely N-dealkylation sites (N-methyl/N-ethyl adjacent to an activating group) is 1. The largest absolute Gasteiger partial charge is 0.573 e. The van der Waals surface area contributed by atoms with Crippen molar-refractivity contribution in [3.8, 4) is 17.0 Å². The molecule has 1 aromatic heterocycles. The van der Waals surface area contributed by atoms with Crippen LogP contribution >= 0.6 is 0 Å². The van der Waals surface area contributed by atoms with Crippen LogP contribution in [0.25, 0.3) is 11.3 Å². The molecule has 3 aromatic rings. The fraction of sp³-hybridized carbons (Fsp3) is 0.333. The molecule has 12 heteroatoms. The zero-order valence-corrected chi connectivity index (χ0v) is 21.4. The molecule has 0 saturated carbocycles. The molecule has 2 aromatic carbocycles. The quantitative estimate of drug-likeness (QED) is 0.337. The van der Waals surface area contributed by atoms with E-state index in [4.69, 9.17) is 0 Å². The third kappa shape index (κ3) is 7.58. The lowest BCUT2D eigenvalue weighted by molar-refractivity contribution is -0.274. The number of hydrogen-bond donors (Lipinski definition) is 1. The fourth-order valence-corrected chi connectivity index (χ4v) is 4.21. The monoisotopic (exact) mass is 545 g/mol. The standard InChI is InChI=1S/C27H27F4N5O3/c1-17-4-3-5-20(28)26(17)22-15-32-19(14-33-22)13-23(37)18-6-7-24(39-27(29,30)31)21(12-18)34-25(38)16-36-10-8-35(2)9-11-36/h3-7,12,14-15H,8-11,13,16H2,1-2H3,(H,34,38). The maximum absolute atomic E-state index is 14.2. The molecule has 8 nitrogen and oxygen atoms in total. The van der Waals surface area contributed by atoms with Gasteiger partial charge in [0.15, 0.2) is 11.5 Å². The van der Waals surface area contributed by atoms with Gasteiger partial charge >= 0.3 is 6.36 Å². The van der Waals surface area contributed by atoms with E-state index in [2.05, 4.69) is 24.9 Å². The minimum Gasteiger partial charge on any atom is -0.404 e. The molecular weight excluding hydrogens is 518 g/mol. The van der Waals surface area contributed by atoms with E-state index >= 15 is 0 Å². The van der Waals surface area contributed by atoms with E-state index < -0.39 is 29.6 Å². The second-order valence-electron chi connectivity index (χ2n) is 9.31. The van der Waals surface area contributed by atoms with Crippen molar-refractivity contribution in [2.24, 2.45) is 0 Å². The van der Waals surface area contributed by atoms with Gasteiger partial charge in [-0.25, -0.2) is 4.39 Å². The molecule has 4 rings (SSSR count). The van der Waals surface area contributed by atoms with Crippen LogP contribution in [0.4, 0.5) is 23.2 Å². The average molecular weight is 546 g/mol. The Balaban J connectivity index is 1.49. The van der Waals surface area contributed by atoms with Crippen molar-refractivity contribution in [1.82, 2.24) is 19.8 Å². The van der Waals surface area contributed by atoms with Gasteiger partial charge in [0.05, 0.1) is 36.2 Å². The number of halogens is 4. The van der Waals surface area contributed by atoms with Gasteiger partial charge in [-0.2, -0.15) is 0 Å². The summed E-state index contributed by atoms with van der Waals surface area (Å²) in [7, 11) is 1.96. The molecule has 1 saturated heterocycles. The SMILES string of the molecule is Cc1cccc(F)c1-c1cnc(CC(=O)c2ccc(OC(F)(F)F)c(NC(=O)CN3CCN(C)CC3)c2)cn1. The second kappa shape index (κ2) is 11.9. The van der Waals surface area contributed by atoms with E-state index in [1.165, 1.54) is 24.5 Å². The number of Topliss-reactive ketones (excluding diaryl/α,β-unsaturated/α-hetero) is 1. The lowest BCUT2D eigenvalue weighted by atomic mass is 10.0. The zero-order chi connectivity index (χ0) is 28.2. The van der Waals surface area contributed by atoms with E-state index in [9.17, 15) is 27.2 Å². The van der Waals surface area contributed by atoms with Crippen molar-refractivity contribution in [2.45, 2.75) is 19.7 Å². The Bertz CT molecular complexity index is 1320. The first kappa shape index (κ1) is 28.1. The molecule has 0 aliphatic carbocycles. The molecule has 1 fully saturated rings. The molecule has 1 aliphatic rings. The lowest BCUT2D eigenvalue weighted by Crippen LogP contribution is -2.47. The number of aryl methyl sites for hydroxylation is 1. The van der Waals surface area contributed by atoms with Crippen LogP contribution in [0.1, 0.15) is 21.6 Å². The normalized spacial score (nSPS) is 14.7. The number of amides is 1. The Labute approximate surface area is 222 Å². The highest BCUT2D eigenvalue weighted by molar-refractivity contribution is 6.00. The van der Waals surface area contributed by atoms with Gasteiger partial charge in [-0.1, -0.05) is 12.1 Å². The van der Waals surface area contributed by atoms with Gasteiger partial charge in [-0.05, 0) is 43.8 Å². The molecular formula is C27H27F4N5O3. The number of ether oxygens (including phenoxy) is 1. The van der Waals surface area contributed by atoms with Gasteiger partial charge in [0.1, 0.15) is 5.82 Å². The molecule has 0 atom stereocenters. The summed E-state index contributed by atoms with van der Waals surface area (Å²) in [5, 5.41) is 2.45. The Kier molecular flexibility index (Phi) is 8.56. The maximum Gasteiger partial charge on any atom is 0.573 e. The van der Waals surface area contributed by atoms with Crippen LogP contribution in [-0.4, -0.2) is 77.6 Å². The Morgan fingerprint density at radius 2 is 1.79 bits per heavy atom. The van der Waals surface area contributed by atoms with Gasteiger partial charge in [0.2, 0.25) is 5.91 Å². The number of alkyl halides is 3. The molecule has 206 valence electrons. The summed E-state index contributed by atoms with van der Waals surface area (Å²) >= 11 is 0. The number of piperazine rings is 1. The topological polar surface area (TPSA) is 87.7 Å². The minimum atomic E-state index is -4.99. The first-order valence-corrected chi connectivity index (χ1v) is 12.2. The second-order valence-corrected chi connectivity index (χ2v) is 9.31. The number of hydrogen-bond acceptors (Lipinski definition) is 7. The number of benzene rings is 2. The molecule has 0 spiro atoms. The van der Waals surface area contributed by atoms with Gasteiger partial charge in [-0.15, -0.1) is 13.2 Å². The van der Waals surface area contributed by atoms with Crippen molar-refractivity contribution < 1.29 is 31.9 Å². The average Bonchev–Trinajstić information content (AvgIpc) is 2.86. The Morgan fingerprint density at radius 3 is 2.44 bits per heavy atom. The molecule has 0 unspecified atom stereocenters. The number of aromatic nitrogens is 2. The van der Waals surface area contributed by atoms with E-state index in [1.54, 1.807) is 19.1 Å². The minimum absolute atomic E-state index is 0.0130. The van der Waals surface area contributed by atoms with Crippen molar-refractivity contribution in [3.63, 3.8) is 0 Å². The van der Waals surface area contributed by atoms with Crippen LogP contribution in [0.15, 0.2) is 48.8 Å². The fourth-order valence-electron chi connectivity index (χ4n) is 4.21. The lowest BCUT2D eigenvalue weighted by Gasteiger charge is -2.31. The summed E-state index contributed by atoms with van der Waals surface area (Å²) in [6, 6.07) is 7.96. The molecule has 1 aliphatic heterocycles. The van der Waals surface area contributed by atoms with Crippen LogP contribution in [0.2, 0.25) is 0 Å². The van der Waals surface area contributed by atoms with E-state index in [0.29, 0.717) is 29.9 Å². The molecule has 1 amide bonds. The highest BCUT2D eigenvalue weighted by atomic mass is 19.4. The van der Waals surface area contributed by atoms with E-state index in [-0.39, 0.29) is 29.9 Å². The Morgan fingerprint density at radius 1 is 1.05 bits per heavy atom. The van der Waals surface area contributed by atoms with E-state index in [0.717, 1.165) is 25.2 Å². The summed E-state index contributed by atoms with van der Waals surface area (Å²) in [6.45, 7) is 4.55. The number of rotatable bonds is 8. The van der Waals surface area contributed by atoms with Gasteiger partial charge in [-0.3, -0.25) is 24.5 Å². The molecule has 2 heterocycles. The van der Waals surface area contributed by atoms with Crippen molar-refractivity contribution in [3.05, 3.63) is 71.4 Å². The number of ketones is 1. The molecule has 0 radical (unpaired) electrons. The third-order valence-corrected chi connectivity index (χ3v) is 6.29. The predicted octanol–water partition coefficient (Wildman–Crippen LogP) is 4.10. The smallest absolute Gasteiger partial charge is 0.404 e. The molecule has 39 heavy (non-hydrogen) atoms. The highest BCUT2D eigenvalue weighted by Crippen LogP contribution is 2.32.